The normalized spacial score (nSPS) is 14.7. The molecule has 0 spiro atoms. The van der Waals surface area contributed by atoms with Gasteiger partial charge in [-0.3, -0.25) is 0 Å². The molecule has 2 aromatic carbocycles. The lowest BCUT2D eigenvalue weighted by molar-refractivity contribution is 0.393. The molecule has 3 aromatic rings. The Bertz CT molecular complexity index is 1080. The Morgan fingerprint density at radius 3 is 2.59 bits per heavy atom. The first-order chi connectivity index (χ1) is 13.0. The van der Waals surface area contributed by atoms with Crippen molar-refractivity contribution in [3.63, 3.8) is 0 Å². The topological polar surface area (TPSA) is 59.5 Å². The van der Waals surface area contributed by atoms with Gasteiger partial charge in [-0.1, -0.05) is 23.7 Å². The van der Waals surface area contributed by atoms with Crippen LogP contribution < -0.4 is 4.74 Å². The van der Waals surface area contributed by atoms with Crippen molar-refractivity contribution in [2.45, 2.75) is 17.9 Å². The average Bonchev–Trinajstić information content (AvgIpc) is 3.11. The van der Waals surface area contributed by atoms with E-state index in [2.05, 4.69) is 0 Å². The second-order valence-electron chi connectivity index (χ2n) is 6.14. The molecule has 27 heavy (non-hydrogen) atoms. The van der Waals surface area contributed by atoms with Crippen LogP contribution in [0.5, 0.6) is 5.75 Å². The number of benzene rings is 2. The summed E-state index contributed by atoms with van der Waals surface area (Å²) < 4.78 is 32.6. The molecule has 0 atom stereocenters. The van der Waals surface area contributed by atoms with E-state index in [1.807, 2.05) is 24.3 Å². The van der Waals surface area contributed by atoms with Crippen LogP contribution in [0.1, 0.15) is 10.6 Å². The number of hydrogen-bond acceptors (Lipinski definition) is 5. The number of ether oxygens (including phenoxy) is 1. The van der Waals surface area contributed by atoms with Gasteiger partial charge in [0.25, 0.3) is 0 Å². The van der Waals surface area contributed by atoms with Crippen LogP contribution in [0.25, 0.3) is 10.6 Å². The highest BCUT2D eigenvalue weighted by atomic mass is 35.5. The third-order valence-corrected chi connectivity index (χ3v) is 7.96. The Labute approximate surface area is 167 Å². The van der Waals surface area contributed by atoms with Gasteiger partial charge >= 0.3 is 0 Å². The van der Waals surface area contributed by atoms with Crippen molar-refractivity contribution in [1.29, 1.82) is 0 Å². The molecule has 0 N–H and O–H groups in total. The van der Waals surface area contributed by atoms with Gasteiger partial charge in [-0.05, 0) is 36.4 Å². The van der Waals surface area contributed by atoms with Gasteiger partial charge in [0, 0.05) is 23.4 Å². The minimum absolute atomic E-state index is 0.148. The van der Waals surface area contributed by atoms with Gasteiger partial charge < -0.3 is 4.74 Å². The number of methoxy groups -OCH3 is 1. The van der Waals surface area contributed by atoms with Gasteiger partial charge in [-0.15, -0.1) is 11.3 Å². The standard InChI is InChI=1S/C19H17ClN2O3S2/c1-25-14-8-6-13(7-9-14)19-21-16-10-11-22(12-17(16)26-19)27(23,24)18-5-3-2-4-15(18)20/h2-9H,10-12H2,1H3. The van der Waals surface area contributed by atoms with Crippen LogP contribution in [0.3, 0.4) is 0 Å². The van der Waals surface area contributed by atoms with Gasteiger partial charge in [0.15, 0.2) is 0 Å². The molecular formula is C19H17ClN2O3S2. The molecule has 0 aliphatic carbocycles. The molecule has 0 saturated carbocycles. The van der Waals surface area contributed by atoms with Gasteiger partial charge in [-0.2, -0.15) is 4.31 Å². The van der Waals surface area contributed by atoms with Gasteiger partial charge in [0.05, 0.1) is 24.4 Å². The van der Waals surface area contributed by atoms with E-state index < -0.39 is 10.0 Å². The molecule has 8 heteroatoms. The number of halogens is 1. The summed E-state index contributed by atoms with van der Waals surface area (Å²) in [6, 6.07) is 14.3. The maximum absolute atomic E-state index is 13.0. The lowest BCUT2D eigenvalue weighted by Crippen LogP contribution is -2.35. The molecule has 0 amide bonds. The average molecular weight is 421 g/mol. The van der Waals surface area contributed by atoms with Crippen molar-refractivity contribution in [3.05, 3.63) is 64.1 Å². The third-order valence-electron chi connectivity index (χ3n) is 4.49. The third kappa shape index (κ3) is 3.48. The van der Waals surface area contributed by atoms with Crippen molar-refractivity contribution in [3.8, 4) is 16.3 Å². The van der Waals surface area contributed by atoms with Crippen LogP contribution in [0, 0.1) is 0 Å². The monoisotopic (exact) mass is 420 g/mol. The molecule has 1 aliphatic heterocycles. The molecule has 4 rings (SSSR count). The van der Waals surface area contributed by atoms with Crippen LogP contribution in [-0.2, 0) is 23.0 Å². The highest BCUT2D eigenvalue weighted by Crippen LogP contribution is 2.35. The lowest BCUT2D eigenvalue weighted by atomic mass is 10.2. The summed E-state index contributed by atoms with van der Waals surface area (Å²) in [5.41, 5.74) is 1.96. The molecule has 0 unspecified atom stereocenters. The second kappa shape index (κ2) is 7.24. The summed E-state index contributed by atoms with van der Waals surface area (Å²) in [4.78, 5) is 5.84. The van der Waals surface area contributed by atoms with Crippen molar-refractivity contribution in [1.82, 2.24) is 9.29 Å². The van der Waals surface area contributed by atoms with Gasteiger partial charge in [0.1, 0.15) is 15.7 Å². The van der Waals surface area contributed by atoms with Gasteiger partial charge in [-0.25, -0.2) is 13.4 Å². The summed E-state index contributed by atoms with van der Waals surface area (Å²) in [6.45, 7) is 0.711. The Morgan fingerprint density at radius 1 is 1.15 bits per heavy atom. The van der Waals surface area contributed by atoms with Crippen molar-refractivity contribution in [2.75, 3.05) is 13.7 Å². The summed E-state index contributed by atoms with van der Waals surface area (Å²) >= 11 is 7.64. The van der Waals surface area contributed by atoms with Crippen LogP contribution >= 0.6 is 22.9 Å². The van der Waals surface area contributed by atoms with Crippen molar-refractivity contribution < 1.29 is 13.2 Å². The zero-order chi connectivity index (χ0) is 19.0. The molecule has 1 aliphatic rings. The fourth-order valence-corrected chi connectivity index (χ4v) is 6.14. The predicted molar refractivity (Wildman–Crippen MR) is 107 cm³/mol. The Hall–Kier alpha value is -1.93. The number of sulfonamides is 1. The van der Waals surface area contributed by atoms with E-state index in [1.54, 1.807) is 31.4 Å². The first-order valence-electron chi connectivity index (χ1n) is 8.37. The van der Waals surface area contributed by atoms with Crippen LogP contribution in [0.4, 0.5) is 0 Å². The highest BCUT2D eigenvalue weighted by molar-refractivity contribution is 7.89. The summed E-state index contributed by atoms with van der Waals surface area (Å²) in [7, 11) is -2.01. The minimum atomic E-state index is -3.64. The van der Waals surface area contributed by atoms with Crippen molar-refractivity contribution >= 4 is 33.0 Å². The van der Waals surface area contributed by atoms with Crippen LogP contribution in [-0.4, -0.2) is 31.4 Å². The fraction of sp³-hybridized carbons (Fsp3) is 0.211. The zero-order valence-corrected chi connectivity index (χ0v) is 16.9. The molecule has 5 nitrogen and oxygen atoms in total. The molecule has 0 fully saturated rings. The summed E-state index contributed by atoms with van der Waals surface area (Å²) in [6.07, 6.45) is 0.589. The molecule has 140 valence electrons. The largest absolute Gasteiger partial charge is 0.497 e. The molecule has 1 aromatic heterocycles. The Balaban J connectivity index is 1.62. The zero-order valence-electron chi connectivity index (χ0n) is 14.6. The number of hydrogen-bond donors (Lipinski definition) is 0. The maximum atomic E-state index is 13.0. The fourth-order valence-electron chi connectivity index (χ4n) is 3.03. The van der Waals surface area contributed by atoms with E-state index >= 15 is 0 Å². The van der Waals surface area contributed by atoms with E-state index in [4.69, 9.17) is 21.3 Å². The molecule has 0 saturated heterocycles. The SMILES string of the molecule is COc1ccc(-c2nc3c(s2)CN(S(=O)(=O)c2ccccc2Cl)CC3)cc1. The maximum Gasteiger partial charge on any atom is 0.244 e. The van der Waals surface area contributed by atoms with Gasteiger partial charge in [0.2, 0.25) is 10.0 Å². The number of fused-ring (bicyclic) bond motifs is 1. The smallest absolute Gasteiger partial charge is 0.244 e. The number of aromatic nitrogens is 1. The first-order valence-corrected chi connectivity index (χ1v) is 11.0. The molecular weight excluding hydrogens is 404 g/mol. The molecule has 0 radical (unpaired) electrons. The quantitative estimate of drug-likeness (QED) is 0.634. The predicted octanol–water partition coefficient (Wildman–Crippen LogP) is 4.22. The van der Waals surface area contributed by atoms with E-state index in [1.165, 1.54) is 15.6 Å². The highest BCUT2D eigenvalue weighted by Gasteiger charge is 2.31. The van der Waals surface area contributed by atoms with Crippen molar-refractivity contribution in [2.24, 2.45) is 0 Å². The van der Waals surface area contributed by atoms with Crippen LogP contribution in [0.15, 0.2) is 53.4 Å². The lowest BCUT2D eigenvalue weighted by Gasteiger charge is -2.25. The number of rotatable bonds is 4. The molecule has 0 bridgehead atoms. The Kier molecular flexibility index (Phi) is 4.94. The van der Waals surface area contributed by atoms with E-state index in [0.717, 1.165) is 26.9 Å². The summed E-state index contributed by atoms with van der Waals surface area (Å²) in [5.74, 6) is 0.789. The Morgan fingerprint density at radius 2 is 1.89 bits per heavy atom. The first kappa shape index (κ1) is 18.4. The second-order valence-corrected chi connectivity index (χ2v) is 9.53. The minimum Gasteiger partial charge on any atom is -0.497 e. The number of thiazole rings is 1. The van der Waals surface area contributed by atoms with Crippen LogP contribution in [0.2, 0.25) is 5.02 Å². The van der Waals surface area contributed by atoms with E-state index in [9.17, 15) is 8.42 Å². The summed E-state index contributed by atoms with van der Waals surface area (Å²) in [5, 5.41) is 1.13. The van der Waals surface area contributed by atoms with E-state index in [-0.39, 0.29) is 9.92 Å². The number of nitrogens with zero attached hydrogens (tertiary/aromatic N) is 2. The molecule has 2 heterocycles. The van der Waals surface area contributed by atoms with E-state index in [0.29, 0.717) is 19.5 Å².